The van der Waals surface area contributed by atoms with Gasteiger partial charge in [-0.2, -0.15) is 4.98 Å². The fourth-order valence-electron chi connectivity index (χ4n) is 4.65. The van der Waals surface area contributed by atoms with Gasteiger partial charge in [0.1, 0.15) is 5.82 Å². The van der Waals surface area contributed by atoms with Gasteiger partial charge in [-0.3, -0.25) is 0 Å². The minimum Gasteiger partial charge on any atom is -0.369 e. The predicted octanol–water partition coefficient (Wildman–Crippen LogP) is 5.76. The molecule has 3 aromatic heterocycles. The highest BCUT2D eigenvalue weighted by Gasteiger charge is 2.16. The van der Waals surface area contributed by atoms with E-state index in [1.807, 2.05) is 6.20 Å². The Hall–Kier alpha value is -3.45. The third-order valence-electron chi connectivity index (χ3n) is 6.90. The summed E-state index contributed by atoms with van der Waals surface area (Å²) in [5, 5.41) is 7.66. The molecule has 5 rings (SSSR count). The lowest BCUT2D eigenvalue weighted by Crippen LogP contribution is -2.26. The lowest BCUT2D eigenvalue weighted by molar-refractivity contribution is 0.352. The average molecular weight is 485 g/mol. The van der Waals surface area contributed by atoms with E-state index in [0.29, 0.717) is 11.7 Å². The summed E-state index contributed by atoms with van der Waals surface area (Å²) < 4.78 is 7.80. The van der Waals surface area contributed by atoms with Gasteiger partial charge in [0.25, 0.3) is 5.89 Å². The molecule has 1 aromatic carbocycles. The molecule has 0 bridgehead atoms. The van der Waals surface area contributed by atoms with Crippen LogP contribution in [0.4, 0.5) is 5.82 Å². The standard InChI is InChI=1S/C29H36N6O/c1-21-17-24(28-32-27(33-36-28)23-8-10-25(11-9-23)29(2,3)4)20-35(21)19-22-7-12-26(31-18-22)30-13-16-34-14-5-6-15-34/h7-12,17-18,20H,5-6,13-16,19H2,1-4H3,(H,30,31). The van der Waals surface area contributed by atoms with E-state index in [0.717, 1.165) is 47.8 Å². The van der Waals surface area contributed by atoms with E-state index in [1.54, 1.807) is 0 Å². The highest BCUT2D eigenvalue weighted by atomic mass is 16.5. The van der Waals surface area contributed by atoms with Gasteiger partial charge >= 0.3 is 0 Å². The lowest BCUT2D eigenvalue weighted by atomic mass is 9.87. The number of aromatic nitrogens is 4. The van der Waals surface area contributed by atoms with Crippen LogP contribution in [-0.4, -0.2) is 50.8 Å². The first-order chi connectivity index (χ1) is 17.3. The van der Waals surface area contributed by atoms with Crippen molar-refractivity contribution in [2.75, 3.05) is 31.5 Å². The third kappa shape index (κ3) is 5.68. The zero-order chi connectivity index (χ0) is 25.1. The number of rotatable bonds is 8. The molecule has 0 aliphatic carbocycles. The molecule has 1 aliphatic rings. The minimum absolute atomic E-state index is 0.112. The lowest BCUT2D eigenvalue weighted by Gasteiger charge is -2.18. The number of benzene rings is 1. The number of hydrogen-bond donors (Lipinski definition) is 1. The fraction of sp³-hybridized carbons (Fsp3) is 0.414. The molecule has 36 heavy (non-hydrogen) atoms. The second-order valence-corrected chi connectivity index (χ2v) is 10.8. The Labute approximate surface area is 213 Å². The highest BCUT2D eigenvalue weighted by molar-refractivity contribution is 5.60. The quantitative estimate of drug-likeness (QED) is 0.343. The molecule has 1 aliphatic heterocycles. The normalized spacial score (nSPS) is 14.4. The summed E-state index contributed by atoms with van der Waals surface area (Å²) in [5.41, 5.74) is 5.55. The smallest absolute Gasteiger partial charge is 0.259 e. The van der Waals surface area contributed by atoms with Gasteiger partial charge in [0.05, 0.1) is 5.56 Å². The number of anilines is 1. The van der Waals surface area contributed by atoms with Gasteiger partial charge in [-0.15, -0.1) is 0 Å². The van der Waals surface area contributed by atoms with Gasteiger partial charge in [-0.1, -0.05) is 56.3 Å². The van der Waals surface area contributed by atoms with E-state index < -0.39 is 0 Å². The van der Waals surface area contributed by atoms with E-state index in [9.17, 15) is 0 Å². The Morgan fingerprint density at radius 1 is 1.00 bits per heavy atom. The van der Waals surface area contributed by atoms with Gasteiger partial charge in [0, 0.05) is 43.3 Å². The number of pyridine rings is 1. The molecule has 7 nitrogen and oxygen atoms in total. The van der Waals surface area contributed by atoms with E-state index in [2.05, 4.69) is 106 Å². The molecule has 7 heteroatoms. The molecule has 0 unspecified atom stereocenters. The van der Waals surface area contributed by atoms with Crippen molar-refractivity contribution in [2.45, 2.75) is 52.5 Å². The Morgan fingerprint density at radius 3 is 2.47 bits per heavy atom. The van der Waals surface area contributed by atoms with E-state index in [4.69, 9.17) is 4.52 Å². The van der Waals surface area contributed by atoms with Gasteiger partial charge in [-0.05, 0) is 61.5 Å². The van der Waals surface area contributed by atoms with Crippen LogP contribution in [0.15, 0.2) is 59.4 Å². The number of likely N-dealkylation sites (tertiary alicyclic amines) is 1. The molecule has 1 N–H and O–H groups in total. The van der Waals surface area contributed by atoms with Gasteiger partial charge in [-0.25, -0.2) is 4.98 Å². The third-order valence-corrected chi connectivity index (χ3v) is 6.90. The second kappa shape index (κ2) is 10.3. The molecule has 1 fully saturated rings. The highest BCUT2D eigenvalue weighted by Crippen LogP contribution is 2.27. The molecule has 188 valence electrons. The maximum Gasteiger partial charge on any atom is 0.259 e. The Balaban J connectivity index is 1.21. The zero-order valence-electron chi connectivity index (χ0n) is 21.8. The Morgan fingerprint density at radius 2 is 1.78 bits per heavy atom. The fourth-order valence-corrected chi connectivity index (χ4v) is 4.65. The van der Waals surface area contributed by atoms with Crippen molar-refractivity contribution < 1.29 is 4.52 Å². The Kier molecular flexibility index (Phi) is 6.92. The molecule has 4 heterocycles. The first-order valence-corrected chi connectivity index (χ1v) is 12.9. The molecule has 0 radical (unpaired) electrons. The molecule has 1 saturated heterocycles. The van der Waals surface area contributed by atoms with Crippen LogP contribution in [0.1, 0.15) is 50.4 Å². The van der Waals surface area contributed by atoms with E-state index in [-0.39, 0.29) is 5.41 Å². The van der Waals surface area contributed by atoms with Crippen molar-refractivity contribution in [3.63, 3.8) is 0 Å². The molecular weight excluding hydrogens is 448 g/mol. The largest absolute Gasteiger partial charge is 0.369 e. The SMILES string of the molecule is Cc1cc(-c2nc(-c3ccc(C(C)(C)C)cc3)no2)cn1Cc1ccc(NCCN2CCCC2)nc1. The number of hydrogen-bond acceptors (Lipinski definition) is 6. The van der Waals surface area contributed by atoms with Crippen molar-refractivity contribution >= 4 is 5.82 Å². The van der Waals surface area contributed by atoms with Gasteiger partial charge in [0.15, 0.2) is 0 Å². The summed E-state index contributed by atoms with van der Waals surface area (Å²) in [7, 11) is 0. The summed E-state index contributed by atoms with van der Waals surface area (Å²) in [4.78, 5) is 11.8. The van der Waals surface area contributed by atoms with Crippen LogP contribution in [0.5, 0.6) is 0 Å². The van der Waals surface area contributed by atoms with Crippen LogP contribution >= 0.6 is 0 Å². The van der Waals surface area contributed by atoms with Gasteiger partial charge < -0.3 is 19.3 Å². The van der Waals surface area contributed by atoms with Crippen molar-refractivity contribution in [3.05, 3.63) is 71.7 Å². The van der Waals surface area contributed by atoms with E-state index >= 15 is 0 Å². The van der Waals surface area contributed by atoms with Crippen LogP contribution in [0.3, 0.4) is 0 Å². The minimum atomic E-state index is 0.112. The van der Waals surface area contributed by atoms with Crippen LogP contribution in [0.2, 0.25) is 0 Å². The molecule has 0 amide bonds. The summed E-state index contributed by atoms with van der Waals surface area (Å²) in [6.45, 7) is 13.9. The number of nitrogens with zero attached hydrogens (tertiary/aromatic N) is 5. The molecule has 0 atom stereocenters. The summed E-state index contributed by atoms with van der Waals surface area (Å²) in [6, 6.07) is 14.7. The molecule has 0 spiro atoms. The summed E-state index contributed by atoms with van der Waals surface area (Å²) >= 11 is 0. The van der Waals surface area contributed by atoms with E-state index in [1.165, 1.54) is 31.5 Å². The van der Waals surface area contributed by atoms with Gasteiger partial charge in [0.2, 0.25) is 5.82 Å². The van der Waals surface area contributed by atoms with Crippen molar-refractivity contribution in [3.8, 4) is 22.8 Å². The predicted molar refractivity (Wildman–Crippen MR) is 144 cm³/mol. The summed E-state index contributed by atoms with van der Waals surface area (Å²) in [5.74, 6) is 2.06. The van der Waals surface area contributed by atoms with Crippen LogP contribution in [-0.2, 0) is 12.0 Å². The van der Waals surface area contributed by atoms with Crippen molar-refractivity contribution in [2.24, 2.45) is 0 Å². The zero-order valence-corrected chi connectivity index (χ0v) is 21.8. The molecular formula is C29H36N6O. The van der Waals surface area contributed by atoms with Crippen LogP contribution < -0.4 is 5.32 Å². The van der Waals surface area contributed by atoms with Crippen LogP contribution in [0.25, 0.3) is 22.8 Å². The van der Waals surface area contributed by atoms with Crippen molar-refractivity contribution in [1.82, 2.24) is 24.6 Å². The number of nitrogens with one attached hydrogen (secondary N) is 1. The average Bonchev–Trinajstić information content (AvgIpc) is 3.62. The topological polar surface area (TPSA) is 72.0 Å². The van der Waals surface area contributed by atoms with Crippen LogP contribution in [0, 0.1) is 6.92 Å². The maximum absolute atomic E-state index is 5.61. The maximum atomic E-state index is 5.61. The second-order valence-electron chi connectivity index (χ2n) is 10.8. The first kappa shape index (κ1) is 24.3. The molecule has 4 aromatic rings. The summed E-state index contributed by atoms with van der Waals surface area (Å²) in [6.07, 6.45) is 6.67. The number of aryl methyl sites for hydroxylation is 1. The Bertz CT molecular complexity index is 1270. The monoisotopic (exact) mass is 484 g/mol. The first-order valence-electron chi connectivity index (χ1n) is 12.9. The molecule has 0 saturated carbocycles. The van der Waals surface area contributed by atoms with Crippen molar-refractivity contribution in [1.29, 1.82) is 0 Å².